The van der Waals surface area contributed by atoms with E-state index >= 15 is 4.79 Å². The van der Waals surface area contributed by atoms with Crippen molar-refractivity contribution in [3.8, 4) is 0 Å². The van der Waals surface area contributed by atoms with Gasteiger partial charge in [-0.1, -0.05) is 51.5 Å². The molecule has 11 nitrogen and oxygen atoms in total. The molecule has 0 aromatic heterocycles. The van der Waals surface area contributed by atoms with Crippen LogP contribution in [0.4, 0.5) is 0 Å². The second-order valence-electron chi connectivity index (χ2n) is 23.7. The quantitative estimate of drug-likeness (QED) is 0.147. The molecule has 8 bridgehead atoms. The molecule has 63 heavy (non-hydrogen) atoms. The molecule has 1 aliphatic heterocycles. The Labute approximate surface area is 384 Å². The minimum absolute atomic E-state index is 0. The van der Waals surface area contributed by atoms with Crippen molar-refractivity contribution in [1.82, 2.24) is 0 Å². The molecule has 1 N–H and O–H groups in total. The maximum Gasteiger partial charge on any atom is 0.351 e. The van der Waals surface area contributed by atoms with E-state index in [0.717, 1.165) is 38.5 Å². The second-order valence-corrected chi connectivity index (χ2v) is 23.7. The standard InChI is InChI=1S/C46H70O11.6CH4/c1-12-40(9,33(48)56-45-19-28-13-29(20-45)16-43(15-28,26-45)36(51)53-37(2,3)4)25-41(10,23-38(5,6)32(47)55-42(11)24-39(7,8)54-35(42)50)34(49)57-46-21-30-14-31(22-46)18-44(52,17-30)27-46;;;;;;/h28-31,52H,12-27H2,1-11H3;6*1H4. The van der Waals surface area contributed by atoms with Crippen molar-refractivity contribution < 1.29 is 52.8 Å². The van der Waals surface area contributed by atoms with Crippen LogP contribution in [-0.4, -0.2) is 68.6 Å². The van der Waals surface area contributed by atoms with Crippen LogP contribution < -0.4 is 0 Å². The molecule has 8 saturated carbocycles. The van der Waals surface area contributed by atoms with Crippen LogP contribution in [-0.2, 0) is 47.7 Å². The van der Waals surface area contributed by atoms with Gasteiger partial charge in [0.2, 0.25) is 5.60 Å². The smallest absolute Gasteiger partial charge is 0.351 e. The van der Waals surface area contributed by atoms with Gasteiger partial charge in [-0.15, -0.1) is 0 Å². The lowest BCUT2D eigenvalue weighted by Crippen LogP contribution is -2.61. The van der Waals surface area contributed by atoms with Crippen molar-refractivity contribution in [2.45, 2.75) is 257 Å². The summed E-state index contributed by atoms with van der Waals surface area (Å²) < 4.78 is 30.9. The van der Waals surface area contributed by atoms with E-state index < -0.39 is 79.1 Å². The van der Waals surface area contributed by atoms with Gasteiger partial charge in [0, 0.05) is 19.3 Å². The predicted octanol–water partition coefficient (Wildman–Crippen LogP) is 11.9. The van der Waals surface area contributed by atoms with E-state index in [1.807, 2.05) is 34.6 Å². The van der Waals surface area contributed by atoms with Gasteiger partial charge in [-0.2, -0.15) is 0 Å². The van der Waals surface area contributed by atoms with Crippen LogP contribution in [0.15, 0.2) is 0 Å². The summed E-state index contributed by atoms with van der Waals surface area (Å²) in [6.45, 7) is 19.7. The summed E-state index contributed by atoms with van der Waals surface area (Å²) in [5.41, 5.74) is -9.93. The first-order valence-electron chi connectivity index (χ1n) is 21.9. The molecule has 1 heterocycles. The molecule has 0 spiro atoms. The lowest BCUT2D eigenvalue weighted by molar-refractivity contribution is -0.230. The minimum atomic E-state index is -1.49. The van der Waals surface area contributed by atoms with Crippen LogP contribution in [0.1, 0.15) is 223 Å². The van der Waals surface area contributed by atoms with E-state index in [4.69, 9.17) is 23.7 Å². The maximum atomic E-state index is 15.0. The van der Waals surface area contributed by atoms with Crippen LogP contribution in [0.25, 0.3) is 0 Å². The van der Waals surface area contributed by atoms with Gasteiger partial charge < -0.3 is 28.8 Å². The number of cyclic esters (lactones) is 1. The van der Waals surface area contributed by atoms with Crippen LogP contribution in [0, 0.1) is 45.3 Å². The summed E-state index contributed by atoms with van der Waals surface area (Å²) in [5, 5.41) is 11.5. The predicted molar refractivity (Wildman–Crippen MR) is 249 cm³/mol. The van der Waals surface area contributed by atoms with Gasteiger partial charge in [0.15, 0.2) is 0 Å². The Morgan fingerprint density at radius 1 is 0.619 bits per heavy atom. The molecule has 8 aliphatic carbocycles. The average Bonchev–Trinajstić information content (AvgIpc) is 3.22. The van der Waals surface area contributed by atoms with Crippen LogP contribution in [0.3, 0.4) is 0 Å². The monoisotopic (exact) mass is 895 g/mol. The summed E-state index contributed by atoms with van der Waals surface area (Å²) in [7, 11) is 0. The summed E-state index contributed by atoms with van der Waals surface area (Å²) in [4.78, 5) is 70.8. The Morgan fingerprint density at radius 2 is 1.06 bits per heavy atom. The molecular weight excluding hydrogens is 801 g/mol. The van der Waals surface area contributed by atoms with E-state index in [1.54, 1.807) is 41.5 Å². The average molecular weight is 895 g/mol. The van der Waals surface area contributed by atoms with Crippen LogP contribution >= 0.6 is 0 Å². The molecule has 0 amide bonds. The van der Waals surface area contributed by atoms with Gasteiger partial charge in [0.1, 0.15) is 22.4 Å². The zero-order chi connectivity index (χ0) is 42.0. The lowest BCUT2D eigenvalue weighted by atomic mass is 9.47. The zero-order valence-corrected chi connectivity index (χ0v) is 36.7. The van der Waals surface area contributed by atoms with E-state index in [2.05, 4.69) is 0 Å². The number of carbonyl (C=O) groups excluding carboxylic acids is 5. The van der Waals surface area contributed by atoms with Crippen molar-refractivity contribution in [2.24, 2.45) is 45.3 Å². The van der Waals surface area contributed by atoms with Crippen molar-refractivity contribution in [3.05, 3.63) is 0 Å². The Morgan fingerprint density at radius 3 is 1.48 bits per heavy atom. The number of carbonyl (C=O) groups is 5. The Bertz CT molecular complexity index is 1680. The van der Waals surface area contributed by atoms with Gasteiger partial charge in [-0.25, -0.2) is 4.79 Å². The zero-order valence-electron chi connectivity index (χ0n) is 36.7. The lowest BCUT2D eigenvalue weighted by Gasteiger charge is -2.60. The van der Waals surface area contributed by atoms with Crippen molar-refractivity contribution in [2.75, 3.05) is 0 Å². The molecule has 0 aromatic carbocycles. The fourth-order valence-corrected chi connectivity index (χ4v) is 14.0. The van der Waals surface area contributed by atoms with Gasteiger partial charge in [0.05, 0.1) is 27.3 Å². The molecule has 0 aromatic rings. The molecule has 7 atom stereocenters. The first-order chi connectivity index (χ1) is 26.0. The number of hydrogen-bond acceptors (Lipinski definition) is 11. The SMILES string of the molecule is C.C.C.C.C.C.CCC(C)(CC(C)(CC(C)(C)C(=O)OC1(C)CC(C)(C)OC1=O)C(=O)OC12CC3CC(CC(O)(C3)C1)C2)C(=O)OC12CC3CC(C1)CC(C(=O)OC(C)(C)C)(C3)C2. The van der Waals surface area contributed by atoms with Crippen LogP contribution in [0.2, 0.25) is 0 Å². The van der Waals surface area contributed by atoms with Crippen molar-refractivity contribution in [3.63, 3.8) is 0 Å². The molecule has 9 rings (SSSR count). The third-order valence-electron chi connectivity index (χ3n) is 15.2. The molecule has 1 saturated heterocycles. The highest BCUT2D eigenvalue weighted by Crippen LogP contribution is 2.64. The number of ether oxygens (including phenoxy) is 5. The second kappa shape index (κ2) is 18.2. The topological polar surface area (TPSA) is 152 Å². The van der Waals surface area contributed by atoms with Gasteiger partial charge in [0.25, 0.3) is 0 Å². The number of esters is 5. The van der Waals surface area contributed by atoms with Gasteiger partial charge in [-0.05, 0) is 176 Å². The highest BCUT2D eigenvalue weighted by Gasteiger charge is 2.65. The fourth-order valence-electron chi connectivity index (χ4n) is 14.0. The summed E-state index contributed by atoms with van der Waals surface area (Å²) >= 11 is 0. The summed E-state index contributed by atoms with van der Waals surface area (Å²) in [5.74, 6) is -1.33. The van der Waals surface area contributed by atoms with Crippen molar-refractivity contribution in [1.29, 1.82) is 0 Å². The van der Waals surface area contributed by atoms with E-state index in [9.17, 15) is 24.3 Å². The minimum Gasteiger partial charge on any atom is -0.460 e. The highest BCUT2D eigenvalue weighted by atomic mass is 16.6. The third kappa shape index (κ3) is 11.0. The molecule has 368 valence electrons. The third-order valence-corrected chi connectivity index (χ3v) is 15.2. The first kappa shape index (κ1) is 58.3. The number of rotatable bonds is 12. The number of hydrogen-bond donors (Lipinski definition) is 1. The highest BCUT2D eigenvalue weighted by molar-refractivity contribution is 5.88. The molecule has 7 unspecified atom stereocenters. The normalized spacial score (nSPS) is 36.9. The molecule has 0 radical (unpaired) electrons. The number of aliphatic hydroxyl groups is 1. The Hall–Kier alpha value is -2.69. The molecular formula is C52H94O11. The largest absolute Gasteiger partial charge is 0.460 e. The summed E-state index contributed by atoms with van der Waals surface area (Å²) in [6, 6.07) is 0. The van der Waals surface area contributed by atoms with E-state index in [0.29, 0.717) is 44.9 Å². The van der Waals surface area contributed by atoms with E-state index in [1.165, 1.54) is 0 Å². The molecule has 11 heteroatoms. The Kier molecular flexibility index (Phi) is 16.8. The Balaban J connectivity index is 0.00000331. The van der Waals surface area contributed by atoms with Crippen LogP contribution in [0.5, 0.6) is 0 Å². The summed E-state index contributed by atoms with van der Waals surface area (Å²) in [6.07, 6.45) is 9.08. The first-order valence-corrected chi connectivity index (χ1v) is 21.9. The fraction of sp³-hybridized carbons (Fsp3) is 0.904. The molecule has 9 aliphatic rings. The molecule has 9 fully saturated rings. The van der Waals surface area contributed by atoms with Crippen molar-refractivity contribution >= 4 is 29.8 Å². The van der Waals surface area contributed by atoms with Gasteiger partial charge in [-0.3, -0.25) is 19.2 Å². The maximum absolute atomic E-state index is 15.0. The van der Waals surface area contributed by atoms with Gasteiger partial charge >= 0.3 is 29.8 Å². The van der Waals surface area contributed by atoms with E-state index in [-0.39, 0.29) is 93.5 Å².